The second-order valence-corrected chi connectivity index (χ2v) is 4.97. The van der Waals surface area contributed by atoms with Crippen LogP contribution in [0.5, 0.6) is 0 Å². The van der Waals surface area contributed by atoms with Gasteiger partial charge in [0.15, 0.2) is 5.58 Å². The van der Waals surface area contributed by atoms with E-state index < -0.39 is 0 Å². The third-order valence-corrected chi connectivity index (χ3v) is 3.04. The molecule has 2 heterocycles. The maximum Gasteiger partial charge on any atom is 0.316 e. The van der Waals surface area contributed by atoms with Crippen LogP contribution in [-0.4, -0.2) is 15.7 Å². The van der Waals surface area contributed by atoms with Gasteiger partial charge < -0.3 is 4.42 Å². The molecule has 0 spiro atoms. The zero-order chi connectivity index (χ0) is 14.7. The summed E-state index contributed by atoms with van der Waals surface area (Å²) in [6.07, 6.45) is 1.76. The first-order valence-electron chi connectivity index (χ1n) is 6.84. The summed E-state index contributed by atoms with van der Waals surface area (Å²) >= 11 is 0. The molecule has 3 rings (SSSR count). The van der Waals surface area contributed by atoms with Crippen molar-refractivity contribution in [3.05, 3.63) is 54.4 Å². The van der Waals surface area contributed by atoms with Gasteiger partial charge in [-0.25, -0.2) is 5.43 Å². The van der Waals surface area contributed by atoms with Gasteiger partial charge in [0.2, 0.25) is 0 Å². The summed E-state index contributed by atoms with van der Waals surface area (Å²) < 4.78 is 5.58. The van der Waals surface area contributed by atoms with Crippen molar-refractivity contribution in [2.75, 3.05) is 5.43 Å². The Kier molecular flexibility index (Phi) is 3.64. The van der Waals surface area contributed by atoms with Gasteiger partial charge in [-0.15, -0.1) is 0 Å². The number of nitrogens with one attached hydrogen (secondary N) is 1. The lowest BCUT2D eigenvalue weighted by Gasteiger charge is -2.08. The fourth-order valence-corrected chi connectivity index (χ4v) is 2.02. The quantitative estimate of drug-likeness (QED) is 0.584. The molecule has 0 bridgehead atoms. The third kappa shape index (κ3) is 2.91. The van der Waals surface area contributed by atoms with Crippen molar-refractivity contribution in [1.29, 1.82) is 0 Å². The fraction of sp³-hybridized carbons (Fsp3) is 0.188. The highest BCUT2D eigenvalue weighted by Crippen LogP contribution is 2.18. The fourth-order valence-electron chi connectivity index (χ4n) is 2.02. The Balaban J connectivity index is 1.88. The Morgan fingerprint density at radius 2 is 1.95 bits per heavy atom. The van der Waals surface area contributed by atoms with Crippen LogP contribution in [0.15, 0.2) is 58.2 Å². The van der Waals surface area contributed by atoms with E-state index in [2.05, 4.69) is 34.3 Å². The van der Waals surface area contributed by atoms with E-state index in [0.717, 1.165) is 22.5 Å². The number of oxazole rings is 1. The molecule has 106 valence electrons. The van der Waals surface area contributed by atoms with Crippen molar-refractivity contribution in [3.8, 4) is 0 Å². The first kappa shape index (κ1) is 13.3. The van der Waals surface area contributed by atoms with E-state index in [9.17, 15) is 0 Å². The monoisotopic (exact) mass is 280 g/mol. The van der Waals surface area contributed by atoms with Crippen molar-refractivity contribution >= 4 is 22.8 Å². The molecular formula is C16H16N4O. The first-order chi connectivity index (χ1) is 10.2. The molecule has 3 aromatic rings. The molecule has 0 aliphatic carbocycles. The number of hydrogen-bond acceptors (Lipinski definition) is 5. The maximum absolute atomic E-state index is 5.58. The van der Waals surface area contributed by atoms with Crippen LogP contribution in [0.3, 0.4) is 0 Å². The van der Waals surface area contributed by atoms with Crippen molar-refractivity contribution < 1.29 is 4.42 Å². The Morgan fingerprint density at radius 3 is 2.67 bits per heavy atom. The van der Waals surface area contributed by atoms with Crippen LogP contribution >= 0.6 is 0 Å². The van der Waals surface area contributed by atoms with Crippen molar-refractivity contribution in [3.63, 3.8) is 0 Å². The summed E-state index contributed by atoms with van der Waals surface area (Å²) in [4.78, 5) is 8.67. The number of fused-ring (bicyclic) bond motifs is 1. The lowest BCUT2D eigenvalue weighted by Crippen LogP contribution is -2.13. The smallest absolute Gasteiger partial charge is 0.316 e. The number of pyridine rings is 1. The topological polar surface area (TPSA) is 63.3 Å². The van der Waals surface area contributed by atoms with E-state index >= 15 is 0 Å². The molecule has 0 aliphatic rings. The minimum atomic E-state index is 0.233. The lowest BCUT2D eigenvalue weighted by atomic mass is 10.1. The summed E-state index contributed by atoms with van der Waals surface area (Å²) in [5.74, 6) is 0.233. The summed E-state index contributed by atoms with van der Waals surface area (Å²) in [5.41, 5.74) is 6.13. The Bertz CT molecular complexity index is 729. The number of hydrogen-bond donors (Lipinski definition) is 1. The molecule has 0 saturated heterocycles. The van der Waals surface area contributed by atoms with E-state index in [4.69, 9.17) is 4.42 Å². The number of nitrogens with zero attached hydrogens (tertiary/aromatic N) is 3. The zero-order valence-corrected chi connectivity index (χ0v) is 11.9. The largest absolute Gasteiger partial charge is 0.422 e. The van der Waals surface area contributed by atoms with Gasteiger partial charge in [0.05, 0.1) is 11.4 Å². The van der Waals surface area contributed by atoms with Gasteiger partial charge in [0.1, 0.15) is 5.52 Å². The molecule has 0 unspecified atom stereocenters. The molecule has 2 aromatic heterocycles. The standard InChI is InChI=1S/C16H16N4O/c1-11(2)15(13-8-5-6-10-17-13)19-20-16-18-12-7-3-4-9-14(12)21-16/h3-11H,1-2H3,(H,18,20)/b19-15+. The lowest BCUT2D eigenvalue weighted by molar-refractivity contribution is 0.616. The average molecular weight is 280 g/mol. The number of para-hydroxylation sites is 2. The molecule has 21 heavy (non-hydrogen) atoms. The molecule has 5 heteroatoms. The highest BCUT2D eigenvalue weighted by atomic mass is 16.4. The Labute approximate surface area is 122 Å². The highest BCUT2D eigenvalue weighted by Gasteiger charge is 2.11. The number of benzene rings is 1. The molecule has 0 atom stereocenters. The van der Waals surface area contributed by atoms with Crippen LogP contribution in [0, 0.1) is 5.92 Å². The molecule has 0 fully saturated rings. The second kappa shape index (κ2) is 5.75. The highest BCUT2D eigenvalue weighted by molar-refractivity contribution is 6.00. The molecule has 0 amide bonds. The van der Waals surface area contributed by atoms with Crippen LogP contribution in [-0.2, 0) is 0 Å². The van der Waals surface area contributed by atoms with E-state index in [1.54, 1.807) is 6.20 Å². The third-order valence-electron chi connectivity index (χ3n) is 3.04. The zero-order valence-electron chi connectivity index (χ0n) is 11.9. The molecule has 1 N–H and O–H groups in total. The molecule has 5 nitrogen and oxygen atoms in total. The minimum absolute atomic E-state index is 0.233. The molecule has 0 saturated carbocycles. The van der Waals surface area contributed by atoms with Crippen molar-refractivity contribution in [2.24, 2.45) is 11.0 Å². The Morgan fingerprint density at radius 1 is 1.14 bits per heavy atom. The summed E-state index contributed by atoms with van der Waals surface area (Å²) in [6, 6.07) is 13.8. The van der Waals surface area contributed by atoms with Crippen molar-refractivity contribution in [2.45, 2.75) is 13.8 Å². The SMILES string of the molecule is CC(C)/C(=N\Nc1nc2ccccc2o1)c1ccccn1. The van der Waals surface area contributed by atoms with Gasteiger partial charge in [-0.3, -0.25) is 4.98 Å². The van der Waals surface area contributed by atoms with Gasteiger partial charge in [0.25, 0.3) is 0 Å². The van der Waals surface area contributed by atoms with E-state index in [1.807, 2.05) is 42.5 Å². The number of rotatable bonds is 4. The van der Waals surface area contributed by atoms with E-state index in [0.29, 0.717) is 6.01 Å². The molecule has 0 aliphatic heterocycles. The number of hydrazone groups is 1. The first-order valence-corrected chi connectivity index (χ1v) is 6.84. The summed E-state index contributed by atoms with van der Waals surface area (Å²) in [5, 5.41) is 4.41. The van der Waals surface area contributed by atoms with Crippen molar-refractivity contribution in [1.82, 2.24) is 9.97 Å². The maximum atomic E-state index is 5.58. The van der Waals surface area contributed by atoms with Gasteiger partial charge in [-0.2, -0.15) is 10.1 Å². The average Bonchev–Trinajstić information content (AvgIpc) is 2.91. The van der Waals surface area contributed by atoms with Crippen LogP contribution in [0.4, 0.5) is 6.01 Å². The molecular weight excluding hydrogens is 264 g/mol. The predicted octanol–water partition coefficient (Wildman–Crippen LogP) is 3.70. The van der Waals surface area contributed by atoms with Crippen LogP contribution < -0.4 is 5.43 Å². The number of anilines is 1. The van der Waals surface area contributed by atoms with Crippen LogP contribution in [0.1, 0.15) is 19.5 Å². The predicted molar refractivity (Wildman–Crippen MR) is 83.2 cm³/mol. The van der Waals surface area contributed by atoms with E-state index in [-0.39, 0.29) is 5.92 Å². The van der Waals surface area contributed by atoms with Gasteiger partial charge in [-0.1, -0.05) is 32.0 Å². The minimum Gasteiger partial charge on any atom is -0.422 e. The number of aromatic nitrogens is 2. The molecule has 1 aromatic carbocycles. The van der Waals surface area contributed by atoms with Gasteiger partial charge >= 0.3 is 6.01 Å². The summed E-state index contributed by atoms with van der Waals surface area (Å²) in [6.45, 7) is 4.14. The van der Waals surface area contributed by atoms with Gasteiger partial charge in [0, 0.05) is 6.20 Å². The Hall–Kier alpha value is -2.69. The van der Waals surface area contributed by atoms with Crippen LogP contribution in [0.25, 0.3) is 11.1 Å². The molecule has 0 radical (unpaired) electrons. The van der Waals surface area contributed by atoms with Crippen LogP contribution in [0.2, 0.25) is 0 Å². The second-order valence-electron chi connectivity index (χ2n) is 4.97. The van der Waals surface area contributed by atoms with E-state index in [1.165, 1.54) is 0 Å². The normalized spacial score (nSPS) is 12.0. The van der Waals surface area contributed by atoms with Gasteiger partial charge in [-0.05, 0) is 30.2 Å². The summed E-state index contributed by atoms with van der Waals surface area (Å²) in [7, 11) is 0.